The lowest BCUT2D eigenvalue weighted by atomic mass is 10.3. The number of rotatable bonds is 2. The van der Waals surface area contributed by atoms with Gasteiger partial charge in [-0.3, -0.25) is 0 Å². The maximum atomic E-state index is 6.11. The third-order valence-electron chi connectivity index (χ3n) is 2.07. The quantitative estimate of drug-likeness (QED) is 0.461. The van der Waals surface area contributed by atoms with Gasteiger partial charge in [-0.05, 0) is 46.9 Å². The Hall–Kier alpha value is 0.0600. The highest BCUT2D eigenvalue weighted by Crippen LogP contribution is 2.33. The van der Waals surface area contributed by atoms with Crippen LogP contribution in [0.3, 0.4) is 0 Å². The van der Waals surface area contributed by atoms with Gasteiger partial charge in [-0.2, -0.15) is 0 Å². The Morgan fingerprint density at radius 3 is 2.33 bits per heavy atom. The molecule has 0 saturated heterocycles. The van der Waals surface area contributed by atoms with Gasteiger partial charge < -0.3 is 5.32 Å². The van der Waals surface area contributed by atoms with Gasteiger partial charge in [-0.15, -0.1) is 0 Å². The van der Waals surface area contributed by atoms with Gasteiger partial charge in [-0.1, -0.05) is 46.4 Å². The number of anilines is 2. The monoisotopic (exact) mass is 432 g/mol. The second-order valence-electron chi connectivity index (χ2n) is 3.34. The van der Waals surface area contributed by atoms with Gasteiger partial charge in [0.25, 0.3) is 0 Å². The molecule has 0 radical (unpaired) electrons. The molecule has 18 heavy (non-hydrogen) atoms. The summed E-state index contributed by atoms with van der Waals surface area (Å²) in [4.78, 5) is 4.06. The molecule has 2 rings (SSSR count). The fourth-order valence-corrected chi connectivity index (χ4v) is 2.70. The Morgan fingerprint density at radius 1 is 0.944 bits per heavy atom. The Bertz CT molecular complexity index is 604. The van der Waals surface area contributed by atoms with E-state index in [9.17, 15) is 0 Å². The Morgan fingerprint density at radius 2 is 1.67 bits per heavy atom. The number of halogens is 5. The summed E-state index contributed by atoms with van der Waals surface area (Å²) in [6, 6.07) is 7.11. The van der Waals surface area contributed by atoms with Crippen molar-refractivity contribution in [2.45, 2.75) is 0 Å². The van der Waals surface area contributed by atoms with Crippen molar-refractivity contribution in [2.24, 2.45) is 0 Å². The SMILES string of the molecule is Clc1cc(I)ccc1Nc1nc(Cl)c(Cl)cc1Cl. The normalized spacial score (nSPS) is 10.5. The molecule has 1 heterocycles. The van der Waals surface area contributed by atoms with Crippen molar-refractivity contribution in [3.8, 4) is 0 Å². The zero-order valence-electron chi connectivity index (χ0n) is 8.65. The molecule has 0 aliphatic heterocycles. The van der Waals surface area contributed by atoms with Gasteiger partial charge in [0.05, 0.1) is 20.8 Å². The number of hydrogen-bond donors (Lipinski definition) is 1. The molecule has 1 aromatic carbocycles. The van der Waals surface area contributed by atoms with E-state index in [0.29, 0.717) is 26.6 Å². The van der Waals surface area contributed by atoms with E-state index in [1.165, 1.54) is 6.07 Å². The minimum atomic E-state index is 0.185. The van der Waals surface area contributed by atoms with E-state index in [0.717, 1.165) is 3.57 Å². The lowest BCUT2D eigenvalue weighted by molar-refractivity contribution is 1.31. The lowest BCUT2D eigenvalue weighted by Crippen LogP contribution is -1.96. The first-order valence-electron chi connectivity index (χ1n) is 4.71. The average molecular weight is 434 g/mol. The van der Waals surface area contributed by atoms with Crippen LogP contribution in [0.1, 0.15) is 0 Å². The molecule has 1 aromatic heterocycles. The van der Waals surface area contributed by atoms with Crippen molar-refractivity contribution < 1.29 is 0 Å². The number of pyridine rings is 1. The Balaban J connectivity index is 2.37. The van der Waals surface area contributed by atoms with E-state index >= 15 is 0 Å². The van der Waals surface area contributed by atoms with Crippen molar-refractivity contribution in [1.29, 1.82) is 0 Å². The molecular weight excluding hydrogens is 429 g/mol. The molecule has 2 aromatic rings. The zero-order chi connectivity index (χ0) is 13.3. The summed E-state index contributed by atoms with van der Waals surface area (Å²) in [5.74, 6) is 0.411. The molecule has 7 heteroatoms. The highest BCUT2D eigenvalue weighted by atomic mass is 127. The molecule has 0 saturated carbocycles. The van der Waals surface area contributed by atoms with Gasteiger partial charge >= 0.3 is 0 Å². The Labute approximate surface area is 138 Å². The molecule has 0 amide bonds. The first-order valence-corrected chi connectivity index (χ1v) is 7.30. The van der Waals surface area contributed by atoms with Crippen LogP contribution in [0.25, 0.3) is 0 Å². The topological polar surface area (TPSA) is 24.9 Å². The summed E-state index contributed by atoms with van der Waals surface area (Å²) in [7, 11) is 0. The number of benzene rings is 1. The lowest BCUT2D eigenvalue weighted by Gasteiger charge is -2.10. The predicted molar refractivity (Wildman–Crippen MR) is 86.7 cm³/mol. The van der Waals surface area contributed by atoms with Crippen LogP contribution in [0.5, 0.6) is 0 Å². The summed E-state index contributed by atoms with van der Waals surface area (Å²) in [5, 5.41) is 4.46. The Kier molecular flexibility index (Phi) is 4.83. The van der Waals surface area contributed by atoms with Crippen LogP contribution >= 0.6 is 69.0 Å². The van der Waals surface area contributed by atoms with Crippen molar-refractivity contribution in [2.75, 3.05) is 5.32 Å². The molecule has 2 nitrogen and oxygen atoms in total. The molecule has 0 aliphatic rings. The summed E-state index contributed by atoms with van der Waals surface area (Å²) in [6.45, 7) is 0. The summed E-state index contributed by atoms with van der Waals surface area (Å²) >= 11 is 26.0. The van der Waals surface area contributed by atoms with E-state index in [2.05, 4.69) is 32.9 Å². The van der Waals surface area contributed by atoms with E-state index in [1.807, 2.05) is 18.2 Å². The van der Waals surface area contributed by atoms with Crippen molar-refractivity contribution in [3.05, 3.63) is 48.1 Å². The molecule has 0 aliphatic carbocycles. The van der Waals surface area contributed by atoms with Crippen LogP contribution in [0.2, 0.25) is 20.2 Å². The fraction of sp³-hybridized carbons (Fsp3) is 0. The van der Waals surface area contributed by atoms with Crippen LogP contribution in [-0.4, -0.2) is 4.98 Å². The zero-order valence-corrected chi connectivity index (χ0v) is 13.8. The smallest absolute Gasteiger partial charge is 0.151 e. The molecule has 0 spiro atoms. The maximum absolute atomic E-state index is 6.11. The minimum Gasteiger partial charge on any atom is -0.338 e. The number of nitrogens with zero attached hydrogens (tertiary/aromatic N) is 1. The first kappa shape index (κ1) is 14.5. The summed E-state index contributed by atoms with van der Waals surface area (Å²) < 4.78 is 1.04. The maximum Gasteiger partial charge on any atom is 0.151 e. The summed E-state index contributed by atoms with van der Waals surface area (Å²) in [6.07, 6.45) is 0. The standard InChI is InChI=1S/C11H5Cl4IN2/c12-6-3-5(16)1-2-9(6)17-11-8(14)4-7(13)10(15)18-11/h1-4H,(H,17,18). The number of hydrogen-bond acceptors (Lipinski definition) is 2. The van der Waals surface area contributed by atoms with Crippen LogP contribution in [0.15, 0.2) is 24.3 Å². The highest BCUT2D eigenvalue weighted by molar-refractivity contribution is 14.1. The molecule has 0 unspecified atom stereocenters. The van der Waals surface area contributed by atoms with E-state index in [4.69, 9.17) is 46.4 Å². The van der Waals surface area contributed by atoms with E-state index < -0.39 is 0 Å². The first-order chi connectivity index (χ1) is 8.47. The van der Waals surface area contributed by atoms with Gasteiger partial charge in [-0.25, -0.2) is 4.98 Å². The predicted octanol–water partition coefficient (Wildman–Crippen LogP) is 6.04. The van der Waals surface area contributed by atoms with Crippen LogP contribution in [-0.2, 0) is 0 Å². The second-order valence-corrected chi connectivity index (χ2v) is 6.17. The van der Waals surface area contributed by atoms with Crippen LogP contribution in [0, 0.1) is 3.57 Å². The number of aromatic nitrogens is 1. The molecule has 0 bridgehead atoms. The van der Waals surface area contributed by atoms with Crippen LogP contribution < -0.4 is 5.32 Å². The van der Waals surface area contributed by atoms with Gasteiger partial charge in [0, 0.05) is 3.57 Å². The van der Waals surface area contributed by atoms with E-state index in [-0.39, 0.29) is 5.15 Å². The number of nitrogens with one attached hydrogen (secondary N) is 1. The molecule has 94 valence electrons. The third kappa shape index (κ3) is 3.33. The third-order valence-corrected chi connectivity index (χ3v) is 4.02. The van der Waals surface area contributed by atoms with Gasteiger partial charge in [0.1, 0.15) is 5.15 Å². The minimum absolute atomic E-state index is 0.185. The van der Waals surface area contributed by atoms with Crippen molar-refractivity contribution >= 4 is 80.5 Å². The summed E-state index contributed by atoms with van der Waals surface area (Å²) in [5.41, 5.74) is 0.699. The highest BCUT2D eigenvalue weighted by Gasteiger charge is 2.09. The van der Waals surface area contributed by atoms with Gasteiger partial charge in [0.2, 0.25) is 0 Å². The average Bonchev–Trinajstić information content (AvgIpc) is 2.29. The van der Waals surface area contributed by atoms with Gasteiger partial charge in [0.15, 0.2) is 5.82 Å². The molecule has 1 N–H and O–H groups in total. The fourth-order valence-electron chi connectivity index (χ4n) is 1.25. The van der Waals surface area contributed by atoms with Crippen molar-refractivity contribution in [1.82, 2.24) is 4.98 Å². The van der Waals surface area contributed by atoms with Crippen LogP contribution in [0.4, 0.5) is 11.5 Å². The second kappa shape index (κ2) is 6.01. The molecule has 0 fully saturated rings. The van der Waals surface area contributed by atoms with Crippen molar-refractivity contribution in [3.63, 3.8) is 0 Å². The van der Waals surface area contributed by atoms with E-state index in [1.54, 1.807) is 0 Å². The largest absolute Gasteiger partial charge is 0.338 e. The molecular formula is C11H5Cl4IN2. The molecule has 0 atom stereocenters.